The summed E-state index contributed by atoms with van der Waals surface area (Å²) >= 11 is 1.79. The predicted molar refractivity (Wildman–Crippen MR) is 187 cm³/mol. The molecule has 1 fully saturated rings. The molecule has 2 heterocycles. The van der Waals surface area contributed by atoms with Gasteiger partial charge in [-0.2, -0.15) is 0 Å². The van der Waals surface area contributed by atoms with Crippen LogP contribution in [0.2, 0.25) is 0 Å². The minimum Gasteiger partial charge on any atom is -0.465 e. The summed E-state index contributed by atoms with van der Waals surface area (Å²) in [5, 5.41) is 20.0. The number of carbonyl (C=O) groups excluding carboxylic acids is 1. The van der Waals surface area contributed by atoms with Crippen molar-refractivity contribution in [2.75, 3.05) is 24.2 Å². The van der Waals surface area contributed by atoms with Crippen LogP contribution in [0.4, 0.5) is 10.5 Å². The fourth-order valence-electron chi connectivity index (χ4n) is 6.14. The first-order valence-corrected chi connectivity index (χ1v) is 16.8. The van der Waals surface area contributed by atoms with Gasteiger partial charge in [0, 0.05) is 46.9 Å². The van der Waals surface area contributed by atoms with Crippen LogP contribution in [0.25, 0.3) is 10.9 Å². The van der Waals surface area contributed by atoms with Gasteiger partial charge >= 0.3 is 6.09 Å². The van der Waals surface area contributed by atoms with E-state index < -0.39 is 24.0 Å². The maximum Gasteiger partial charge on any atom is 0.405 e. The molecule has 6 rings (SSSR count). The number of nitrogens with one attached hydrogen (secondary N) is 3. The zero-order valence-electron chi connectivity index (χ0n) is 25.9. The Morgan fingerprint density at radius 2 is 1.55 bits per heavy atom. The van der Waals surface area contributed by atoms with Crippen molar-refractivity contribution in [3.63, 3.8) is 0 Å². The van der Waals surface area contributed by atoms with Crippen LogP contribution in [-0.4, -0.2) is 59.2 Å². The molecular formula is C38H38N4O4S. The first-order valence-electron chi connectivity index (χ1n) is 15.9. The van der Waals surface area contributed by atoms with E-state index in [1.807, 2.05) is 109 Å². The molecule has 4 N–H and O–H groups in total. The van der Waals surface area contributed by atoms with E-state index in [4.69, 9.17) is 4.74 Å². The molecule has 3 atom stereocenters. The summed E-state index contributed by atoms with van der Waals surface area (Å²) < 4.78 is 6.51. The second kappa shape index (κ2) is 15.7. The Labute approximate surface area is 279 Å². The number of nitrogens with zero attached hydrogens (tertiary/aromatic N) is 1. The quantitative estimate of drug-likeness (QED) is 0.111. The van der Waals surface area contributed by atoms with Gasteiger partial charge in [-0.05, 0) is 53.8 Å². The fraction of sp³-hybridized carbons (Fsp3) is 0.237. The number of para-hydroxylation sites is 1. The number of hydrogen-bond acceptors (Lipinski definition) is 6. The fourth-order valence-corrected chi connectivity index (χ4v) is 7.21. The maximum atomic E-state index is 13.9. The highest BCUT2D eigenvalue weighted by Gasteiger charge is 2.33. The molecule has 5 aromatic rings. The molecule has 4 aromatic carbocycles. The molecule has 0 aliphatic carbocycles. The predicted octanol–water partition coefficient (Wildman–Crippen LogP) is 6.72. The van der Waals surface area contributed by atoms with Gasteiger partial charge in [-0.1, -0.05) is 91.0 Å². The van der Waals surface area contributed by atoms with Gasteiger partial charge < -0.3 is 25.8 Å². The summed E-state index contributed by atoms with van der Waals surface area (Å²) in [4.78, 5) is 31.6. The molecule has 0 unspecified atom stereocenters. The highest BCUT2D eigenvalue weighted by atomic mass is 32.2. The highest BCUT2D eigenvalue weighted by Crippen LogP contribution is 2.31. The third-order valence-electron chi connectivity index (χ3n) is 8.38. The number of hydrogen-bond donors (Lipinski definition) is 4. The van der Waals surface area contributed by atoms with E-state index >= 15 is 0 Å². The number of fused-ring (bicyclic) bond motifs is 1. The SMILES string of the molecule is O=C(O)N[C@H](C(=O)Nc1ccccc1CC[C@@H]1CNC[C@@H](CSc2cccc3ncccc23)O1)C(c1ccccc1)c1ccccc1. The van der Waals surface area contributed by atoms with E-state index in [0.717, 1.165) is 52.9 Å². The van der Waals surface area contributed by atoms with Crippen LogP contribution in [0.1, 0.15) is 29.0 Å². The van der Waals surface area contributed by atoms with Crippen LogP contribution in [0, 0.1) is 0 Å². The third-order valence-corrected chi connectivity index (χ3v) is 9.59. The van der Waals surface area contributed by atoms with Crippen molar-refractivity contribution in [1.29, 1.82) is 0 Å². The molecule has 1 aliphatic rings. The Bertz CT molecular complexity index is 1740. The van der Waals surface area contributed by atoms with Crippen molar-refractivity contribution in [3.05, 3.63) is 138 Å². The molecule has 1 aliphatic heterocycles. The van der Waals surface area contributed by atoms with E-state index in [1.54, 1.807) is 11.8 Å². The van der Waals surface area contributed by atoms with Crippen LogP contribution < -0.4 is 16.0 Å². The number of amides is 2. The van der Waals surface area contributed by atoms with Crippen molar-refractivity contribution < 1.29 is 19.4 Å². The second-order valence-corrected chi connectivity index (χ2v) is 12.6. The lowest BCUT2D eigenvalue weighted by Gasteiger charge is -2.31. The number of aryl methyl sites for hydroxylation is 1. The maximum absolute atomic E-state index is 13.9. The minimum absolute atomic E-state index is 0.0225. The molecule has 0 spiro atoms. The average Bonchev–Trinajstić information content (AvgIpc) is 3.11. The summed E-state index contributed by atoms with van der Waals surface area (Å²) in [5.41, 5.74) is 4.30. The lowest BCUT2D eigenvalue weighted by molar-refractivity contribution is -0.118. The molecule has 2 amide bonds. The standard InChI is InChI=1S/C38H38N4O4S/c43-37(36(42-38(44)45)35(27-12-3-1-4-13-27)28-14-5-2-6-15-28)41-32-17-8-7-11-26(32)20-21-29-23-39-24-30(46-29)25-47-34-19-9-18-33-31(34)16-10-22-40-33/h1-19,22,29-30,35-36,39,42H,20-21,23-25H2,(H,41,43)(H,44,45)/t29-,30+,36+/m1/s1. The van der Waals surface area contributed by atoms with E-state index in [9.17, 15) is 14.7 Å². The number of thioether (sulfide) groups is 1. The van der Waals surface area contributed by atoms with E-state index in [0.29, 0.717) is 12.1 Å². The molecule has 0 bridgehead atoms. The Balaban J connectivity index is 1.12. The third kappa shape index (κ3) is 8.37. The number of rotatable bonds is 12. The molecule has 8 nitrogen and oxygen atoms in total. The molecule has 0 radical (unpaired) electrons. The molecule has 1 saturated heterocycles. The number of aromatic nitrogens is 1. The van der Waals surface area contributed by atoms with Crippen molar-refractivity contribution in [2.45, 2.75) is 41.9 Å². The number of pyridine rings is 1. The second-order valence-electron chi connectivity index (χ2n) is 11.6. The molecular weight excluding hydrogens is 609 g/mol. The van der Waals surface area contributed by atoms with Crippen molar-refractivity contribution in [2.24, 2.45) is 0 Å². The van der Waals surface area contributed by atoms with Crippen molar-refractivity contribution in [1.82, 2.24) is 15.6 Å². The first-order chi connectivity index (χ1) is 23.0. The largest absolute Gasteiger partial charge is 0.465 e. The lowest BCUT2D eigenvalue weighted by atomic mass is 9.84. The van der Waals surface area contributed by atoms with Crippen molar-refractivity contribution >= 4 is 40.4 Å². The number of anilines is 1. The molecule has 9 heteroatoms. The number of morpholine rings is 1. The summed E-state index contributed by atoms with van der Waals surface area (Å²) in [7, 11) is 0. The molecule has 1 aromatic heterocycles. The number of carboxylic acid groups (broad SMARTS) is 1. The number of benzene rings is 4. The topological polar surface area (TPSA) is 113 Å². The average molecular weight is 647 g/mol. The smallest absolute Gasteiger partial charge is 0.405 e. The van der Waals surface area contributed by atoms with Crippen molar-refractivity contribution in [3.8, 4) is 0 Å². The highest BCUT2D eigenvalue weighted by molar-refractivity contribution is 7.99. The van der Waals surface area contributed by atoms with Gasteiger partial charge in [-0.25, -0.2) is 4.79 Å². The molecule has 0 saturated carbocycles. The van der Waals surface area contributed by atoms with Gasteiger partial charge in [0.05, 0.1) is 17.7 Å². The Morgan fingerprint density at radius 3 is 2.30 bits per heavy atom. The van der Waals surface area contributed by atoms with E-state index in [2.05, 4.69) is 33.1 Å². The van der Waals surface area contributed by atoms with Crippen LogP contribution in [0.15, 0.2) is 126 Å². The van der Waals surface area contributed by atoms with Gasteiger partial charge in [0.2, 0.25) is 5.91 Å². The monoisotopic (exact) mass is 646 g/mol. The Hall–Kier alpha value is -4.70. The van der Waals surface area contributed by atoms with Gasteiger partial charge in [0.15, 0.2) is 0 Å². The Kier molecular flexibility index (Phi) is 10.8. The van der Waals surface area contributed by atoms with Gasteiger partial charge in [-0.15, -0.1) is 11.8 Å². The molecule has 47 heavy (non-hydrogen) atoms. The van der Waals surface area contributed by atoms with E-state index in [-0.39, 0.29) is 12.2 Å². The van der Waals surface area contributed by atoms with Gasteiger partial charge in [-0.3, -0.25) is 9.78 Å². The molecule has 240 valence electrons. The number of ether oxygens (including phenoxy) is 1. The zero-order chi connectivity index (χ0) is 32.4. The minimum atomic E-state index is -1.26. The summed E-state index contributed by atoms with van der Waals surface area (Å²) in [6.45, 7) is 1.55. The normalized spacial score (nSPS) is 16.9. The van der Waals surface area contributed by atoms with Crippen LogP contribution in [0.5, 0.6) is 0 Å². The van der Waals surface area contributed by atoms with Crippen LogP contribution in [-0.2, 0) is 16.0 Å². The van der Waals surface area contributed by atoms with E-state index in [1.165, 1.54) is 4.90 Å². The van der Waals surface area contributed by atoms with Crippen LogP contribution in [0.3, 0.4) is 0 Å². The lowest BCUT2D eigenvalue weighted by Crippen LogP contribution is -2.47. The first kappa shape index (κ1) is 32.2. The Morgan fingerprint density at radius 1 is 0.851 bits per heavy atom. The summed E-state index contributed by atoms with van der Waals surface area (Å²) in [6, 6.07) is 35.9. The van der Waals surface area contributed by atoms with Gasteiger partial charge in [0.25, 0.3) is 0 Å². The van der Waals surface area contributed by atoms with Gasteiger partial charge in [0.1, 0.15) is 6.04 Å². The summed E-state index contributed by atoms with van der Waals surface area (Å²) in [5.74, 6) is -0.122. The number of carbonyl (C=O) groups is 2. The summed E-state index contributed by atoms with van der Waals surface area (Å²) in [6.07, 6.45) is 2.10. The zero-order valence-corrected chi connectivity index (χ0v) is 26.7. The van der Waals surface area contributed by atoms with Crippen LogP contribution >= 0.6 is 11.8 Å².